The Morgan fingerprint density at radius 1 is 1.35 bits per heavy atom. The molecule has 112 valence electrons. The van der Waals surface area contributed by atoms with Crippen LogP contribution < -0.4 is 9.62 Å². The van der Waals surface area contributed by atoms with Gasteiger partial charge >= 0.3 is 0 Å². The quantitative estimate of drug-likeness (QED) is 0.929. The summed E-state index contributed by atoms with van der Waals surface area (Å²) in [6, 6.07) is 8.06. The maximum atomic E-state index is 12.6. The van der Waals surface area contributed by atoms with Crippen molar-refractivity contribution >= 4 is 15.7 Å². The maximum absolute atomic E-state index is 12.6. The van der Waals surface area contributed by atoms with Crippen molar-refractivity contribution in [2.75, 3.05) is 23.7 Å². The van der Waals surface area contributed by atoms with Gasteiger partial charge < -0.3 is 5.32 Å². The van der Waals surface area contributed by atoms with Crippen LogP contribution in [0.4, 0.5) is 5.69 Å². The zero-order valence-electron chi connectivity index (χ0n) is 12.5. The maximum Gasteiger partial charge on any atom is 0.235 e. The van der Waals surface area contributed by atoms with Crippen molar-refractivity contribution in [3.63, 3.8) is 0 Å². The molecule has 0 aromatic heterocycles. The van der Waals surface area contributed by atoms with Gasteiger partial charge in [-0.3, -0.25) is 4.31 Å². The second-order valence-corrected chi connectivity index (χ2v) is 7.72. The standard InChI is InChI=1S/C15H24N2O2S/c1-12(2)11-20(18,19)17-10-6-8-14(16-3)13-7-4-5-9-15(13)17/h4-5,7,9,12,14,16H,6,8,10-11H2,1-3H3. The Kier molecular flexibility index (Phi) is 4.70. The summed E-state index contributed by atoms with van der Waals surface area (Å²) >= 11 is 0. The minimum absolute atomic E-state index is 0.135. The van der Waals surface area contributed by atoms with Crippen molar-refractivity contribution in [3.05, 3.63) is 29.8 Å². The van der Waals surface area contributed by atoms with E-state index in [-0.39, 0.29) is 17.7 Å². The molecule has 0 fully saturated rings. The van der Waals surface area contributed by atoms with Gasteiger partial charge in [-0.15, -0.1) is 0 Å². The predicted molar refractivity (Wildman–Crippen MR) is 83.4 cm³/mol. The van der Waals surface area contributed by atoms with Gasteiger partial charge in [-0.05, 0) is 37.4 Å². The molecule has 0 saturated heterocycles. The molecule has 0 aliphatic carbocycles. The Balaban J connectivity index is 2.45. The van der Waals surface area contributed by atoms with E-state index in [9.17, 15) is 8.42 Å². The van der Waals surface area contributed by atoms with Crippen molar-refractivity contribution in [2.45, 2.75) is 32.7 Å². The number of hydrogen-bond acceptors (Lipinski definition) is 3. The fraction of sp³-hybridized carbons (Fsp3) is 0.600. The molecule has 0 bridgehead atoms. The zero-order chi connectivity index (χ0) is 14.8. The summed E-state index contributed by atoms with van der Waals surface area (Å²) < 4.78 is 26.8. The highest BCUT2D eigenvalue weighted by molar-refractivity contribution is 7.92. The van der Waals surface area contributed by atoms with E-state index in [1.165, 1.54) is 0 Å². The second kappa shape index (κ2) is 6.14. The Morgan fingerprint density at radius 2 is 2.05 bits per heavy atom. The lowest BCUT2D eigenvalue weighted by atomic mass is 10.0. The SMILES string of the molecule is CNC1CCCN(S(=O)(=O)CC(C)C)c2ccccc21. The lowest BCUT2D eigenvalue weighted by molar-refractivity contribution is 0.542. The molecule has 1 unspecified atom stereocenters. The first-order valence-corrected chi connectivity index (χ1v) is 8.83. The molecule has 1 aliphatic heterocycles. The average Bonchev–Trinajstić information content (AvgIpc) is 2.56. The van der Waals surface area contributed by atoms with E-state index in [1.807, 2.05) is 45.2 Å². The van der Waals surface area contributed by atoms with Crippen LogP contribution in [0.15, 0.2) is 24.3 Å². The van der Waals surface area contributed by atoms with Gasteiger partial charge in [0.15, 0.2) is 0 Å². The lowest BCUT2D eigenvalue weighted by Gasteiger charge is -2.26. The van der Waals surface area contributed by atoms with Gasteiger partial charge in [-0.25, -0.2) is 8.42 Å². The Morgan fingerprint density at radius 3 is 2.70 bits per heavy atom. The summed E-state index contributed by atoms with van der Waals surface area (Å²) in [6.45, 7) is 4.46. The summed E-state index contributed by atoms with van der Waals surface area (Å²) in [6.07, 6.45) is 1.83. The van der Waals surface area contributed by atoms with Crippen LogP contribution in [-0.4, -0.2) is 27.8 Å². The van der Waals surface area contributed by atoms with E-state index in [0.717, 1.165) is 24.1 Å². The summed E-state index contributed by atoms with van der Waals surface area (Å²) in [7, 11) is -1.32. The first-order chi connectivity index (χ1) is 9.45. The highest BCUT2D eigenvalue weighted by Gasteiger charge is 2.29. The van der Waals surface area contributed by atoms with Gasteiger partial charge in [0.1, 0.15) is 0 Å². The van der Waals surface area contributed by atoms with Crippen LogP contribution in [0, 0.1) is 5.92 Å². The topological polar surface area (TPSA) is 49.4 Å². The van der Waals surface area contributed by atoms with Gasteiger partial charge in [0, 0.05) is 12.6 Å². The Bertz CT molecular complexity index is 555. The second-order valence-electron chi connectivity index (χ2n) is 5.79. The molecule has 1 aromatic rings. The number of nitrogens with one attached hydrogen (secondary N) is 1. The third-order valence-electron chi connectivity index (χ3n) is 3.66. The normalized spacial score (nSPS) is 19.8. The molecule has 0 radical (unpaired) electrons. The van der Waals surface area contributed by atoms with Gasteiger partial charge in [0.25, 0.3) is 0 Å². The van der Waals surface area contributed by atoms with Crippen LogP contribution in [-0.2, 0) is 10.0 Å². The van der Waals surface area contributed by atoms with Crippen molar-refractivity contribution in [1.82, 2.24) is 5.32 Å². The van der Waals surface area contributed by atoms with Crippen LogP contribution in [0.5, 0.6) is 0 Å². The number of benzene rings is 1. The number of sulfonamides is 1. The van der Waals surface area contributed by atoms with Crippen LogP contribution >= 0.6 is 0 Å². The molecule has 0 amide bonds. The number of rotatable bonds is 4. The van der Waals surface area contributed by atoms with Gasteiger partial charge in [0.05, 0.1) is 11.4 Å². The molecular weight excluding hydrogens is 272 g/mol. The van der Waals surface area contributed by atoms with Crippen LogP contribution in [0.2, 0.25) is 0 Å². The van der Waals surface area contributed by atoms with Crippen molar-refractivity contribution < 1.29 is 8.42 Å². The molecule has 20 heavy (non-hydrogen) atoms. The third-order valence-corrected chi connectivity index (χ3v) is 5.80. The van der Waals surface area contributed by atoms with E-state index < -0.39 is 10.0 Å². The van der Waals surface area contributed by atoms with Crippen LogP contribution in [0.3, 0.4) is 0 Å². The van der Waals surface area contributed by atoms with Crippen molar-refractivity contribution in [3.8, 4) is 0 Å². The fourth-order valence-corrected chi connectivity index (χ4v) is 4.72. The van der Waals surface area contributed by atoms with Crippen molar-refractivity contribution in [2.24, 2.45) is 5.92 Å². The van der Waals surface area contributed by atoms with E-state index in [0.29, 0.717) is 6.54 Å². The number of fused-ring (bicyclic) bond motifs is 1. The van der Waals surface area contributed by atoms with E-state index in [4.69, 9.17) is 0 Å². The van der Waals surface area contributed by atoms with Crippen molar-refractivity contribution in [1.29, 1.82) is 0 Å². The molecule has 1 heterocycles. The van der Waals surface area contributed by atoms with E-state index >= 15 is 0 Å². The number of anilines is 1. The fourth-order valence-electron chi connectivity index (χ4n) is 2.82. The van der Waals surface area contributed by atoms with Crippen LogP contribution in [0.1, 0.15) is 38.3 Å². The average molecular weight is 296 g/mol. The summed E-state index contributed by atoms with van der Waals surface area (Å²) in [5.74, 6) is 0.335. The molecule has 0 saturated carbocycles. The van der Waals surface area contributed by atoms with Gasteiger partial charge in [-0.1, -0.05) is 32.0 Å². The lowest BCUT2D eigenvalue weighted by Crippen LogP contribution is -2.35. The Labute approximate surface area is 122 Å². The molecule has 2 rings (SSSR count). The summed E-state index contributed by atoms with van der Waals surface area (Å²) in [5.41, 5.74) is 1.92. The first-order valence-electron chi connectivity index (χ1n) is 7.22. The Hall–Kier alpha value is -1.07. The van der Waals surface area contributed by atoms with Gasteiger partial charge in [0.2, 0.25) is 10.0 Å². The minimum Gasteiger partial charge on any atom is -0.313 e. The smallest absolute Gasteiger partial charge is 0.235 e. The van der Waals surface area contributed by atoms with Crippen LogP contribution in [0.25, 0.3) is 0 Å². The third kappa shape index (κ3) is 3.15. The molecule has 1 aromatic carbocycles. The molecule has 1 aliphatic rings. The first kappa shape index (κ1) is 15.3. The van der Waals surface area contributed by atoms with Gasteiger partial charge in [-0.2, -0.15) is 0 Å². The minimum atomic E-state index is -3.25. The zero-order valence-corrected chi connectivity index (χ0v) is 13.3. The molecule has 1 atom stereocenters. The summed E-state index contributed by atoms with van der Waals surface area (Å²) in [5, 5.41) is 3.29. The largest absolute Gasteiger partial charge is 0.313 e. The number of nitrogens with zero attached hydrogens (tertiary/aromatic N) is 1. The highest BCUT2D eigenvalue weighted by Crippen LogP contribution is 2.34. The number of hydrogen-bond donors (Lipinski definition) is 1. The molecule has 0 spiro atoms. The molecule has 4 nitrogen and oxygen atoms in total. The number of para-hydroxylation sites is 1. The van der Waals surface area contributed by atoms with E-state index in [2.05, 4.69) is 5.32 Å². The van der Waals surface area contributed by atoms with E-state index in [1.54, 1.807) is 4.31 Å². The molecule has 5 heteroatoms. The molecule has 1 N–H and O–H groups in total. The molecular formula is C15H24N2O2S. The predicted octanol–water partition coefficient (Wildman–Crippen LogP) is 2.53. The summed E-state index contributed by atoms with van der Waals surface area (Å²) in [4.78, 5) is 0. The monoisotopic (exact) mass is 296 g/mol. The highest BCUT2D eigenvalue weighted by atomic mass is 32.2.